The molecule has 1 unspecified atom stereocenters. The van der Waals surface area contributed by atoms with Crippen LogP contribution in [0.4, 0.5) is 4.39 Å². The van der Waals surface area contributed by atoms with Crippen LogP contribution in [0.3, 0.4) is 0 Å². The molecule has 1 aromatic carbocycles. The predicted molar refractivity (Wildman–Crippen MR) is 86.9 cm³/mol. The van der Waals surface area contributed by atoms with Gasteiger partial charge in [-0.1, -0.05) is 18.2 Å². The van der Waals surface area contributed by atoms with Crippen molar-refractivity contribution in [1.29, 1.82) is 0 Å². The van der Waals surface area contributed by atoms with Crippen molar-refractivity contribution in [2.75, 3.05) is 12.3 Å². The highest BCUT2D eigenvalue weighted by molar-refractivity contribution is 9.10. The Balaban J connectivity index is 2.10. The van der Waals surface area contributed by atoms with E-state index in [4.69, 9.17) is 0 Å². The fourth-order valence-electron chi connectivity index (χ4n) is 2.00. The van der Waals surface area contributed by atoms with Crippen molar-refractivity contribution in [2.45, 2.75) is 24.3 Å². The van der Waals surface area contributed by atoms with E-state index in [-0.39, 0.29) is 11.9 Å². The van der Waals surface area contributed by atoms with Gasteiger partial charge in [0, 0.05) is 17.7 Å². The molecule has 0 spiro atoms. The van der Waals surface area contributed by atoms with Crippen LogP contribution in [0.15, 0.2) is 33.8 Å². The summed E-state index contributed by atoms with van der Waals surface area (Å²) in [6.45, 7) is 3.03. The minimum atomic E-state index is -0.207. The summed E-state index contributed by atoms with van der Waals surface area (Å²) in [4.78, 5) is 0.921. The number of aromatic nitrogens is 3. The number of nitrogens with one attached hydrogen (secondary N) is 1. The number of nitrogens with zero attached hydrogens (tertiary/aromatic N) is 3. The third kappa shape index (κ3) is 4.52. The molecule has 1 atom stereocenters. The summed E-state index contributed by atoms with van der Waals surface area (Å²) in [5.41, 5.74) is 1.01. The Hall–Kier alpha value is -0.920. The normalized spacial score (nSPS) is 12.6. The van der Waals surface area contributed by atoms with Gasteiger partial charge in [-0.3, -0.25) is 0 Å². The van der Waals surface area contributed by atoms with Crippen LogP contribution in [0.25, 0.3) is 0 Å². The van der Waals surface area contributed by atoms with Gasteiger partial charge < -0.3 is 5.32 Å². The van der Waals surface area contributed by atoms with Gasteiger partial charge in [-0.2, -0.15) is 0 Å². The first-order valence-electron chi connectivity index (χ1n) is 6.78. The highest BCUT2D eigenvalue weighted by Crippen LogP contribution is 2.28. The highest BCUT2D eigenvalue weighted by atomic mass is 79.9. The maximum absolute atomic E-state index is 13.2. The van der Waals surface area contributed by atoms with Crippen molar-refractivity contribution in [3.05, 3.63) is 40.4 Å². The second kappa shape index (κ2) is 7.91. The fourth-order valence-corrected chi connectivity index (χ4v) is 3.61. The number of halogens is 2. The van der Waals surface area contributed by atoms with E-state index in [0.717, 1.165) is 33.9 Å². The molecule has 0 amide bonds. The van der Waals surface area contributed by atoms with Crippen molar-refractivity contribution in [2.24, 2.45) is 7.05 Å². The zero-order chi connectivity index (χ0) is 15.2. The molecule has 114 valence electrons. The van der Waals surface area contributed by atoms with Gasteiger partial charge in [0.2, 0.25) is 0 Å². The van der Waals surface area contributed by atoms with Crippen molar-refractivity contribution in [1.82, 2.24) is 20.3 Å². The summed E-state index contributed by atoms with van der Waals surface area (Å²) in [5, 5.41) is 11.6. The molecule has 7 heteroatoms. The van der Waals surface area contributed by atoms with Gasteiger partial charge in [0.05, 0.1) is 11.7 Å². The van der Waals surface area contributed by atoms with Crippen molar-refractivity contribution in [3.8, 4) is 0 Å². The maximum atomic E-state index is 13.2. The van der Waals surface area contributed by atoms with E-state index in [2.05, 4.69) is 38.5 Å². The first-order chi connectivity index (χ1) is 10.1. The third-order valence-electron chi connectivity index (χ3n) is 3.01. The van der Waals surface area contributed by atoms with Gasteiger partial charge in [0.15, 0.2) is 4.60 Å². The molecule has 1 N–H and O–H groups in total. The third-order valence-corrected chi connectivity index (χ3v) is 4.66. The number of hydrogen-bond acceptors (Lipinski definition) is 4. The zero-order valence-corrected chi connectivity index (χ0v) is 14.4. The van der Waals surface area contributed by atoms with E-state index in [1.54, 1.807) is 28.6 Å². The van der Waals surface area contributed by atoms with Gasteiger partial charge in [-0.05, 0) is 47.1 Å². The first kappa shape index (κ1) is 16.5. The standard InChI is InChI=1S/C14H18BrFN4S/c1-3-7-17-12(13-14(15)18-19-20(13)2)9-21-11-6-4-5-10(16)8-11/h4-6,8,12,17H,3,7,9H2,1-2H3. The Labute approximate surface area is 136 Å². The molecule has 0 saturated heterocycles. The van der Waals surface area contributed by atoms with E-state index in [9.17, 15) is 4.39 Å². The Kier molecular flexibility index (Phi) is 6.20. The molecule has 0 aliphatic carbocycles. The molecule has 0 fully saturated rings. The van der Waals surface area contributed by atoms with Crippen molar-refractivity contribution >= 4 is 27.7 Å². The van der Waals surface area contributed by atoms with Crippen LogP contribution < -0.4 is 5.32 Å². The van der Waals surface area contributed by atoms with Crippen LogP contribution in [0, 0.1) is 5.82 Å². The highest BCUT2D eigenvalue weighted by Gasteiger charge is 2.19. The van der Waals surface area contributed by atoms with E-state index in [1.807, 2.05) is 13.1 Å². The zero-order valence-electron chi connectivity index (χ0n) is 12.0. The van der Waals surface area contributed by atoms with E-state index in [0.29, 0.717) is 0 Å². The van der Waals surface area contributed by atoms with Crippen LogP contribution in [-0.2, 0) is 7.05 Å². The minimum Gasteiger partial charge on any atom is -0.308 e. The number of thioether (sulfide) groups is 1. The van der Waals surface area contributed by atoms with Crippen LogP contribution >= 0.6 is 27.7 Å². The summed E-state index contributed by atoms with van der Waals surface area (Å²) in [7, 11) is 1.88. The molecule has 0 aliphatic rings. The van der Waals surface area contributed by atoms with Crippen molar-refractivity contribution < 1.29 is 4.39 Å². The summed E-state index contributed by atoms with van der Waals surface area (Å²) < 4.78 is 15.8. The van der Waals surface area contributed by atoms with Gasteiger partial charge in [0.25, 0.3) is 0 Å². The molecule has 0 aliphatic heterocycles. The molecular weight excluding hydrogens is 355 g/mol. The van der Waals surface area contributed by atoms with Gasteiger partial charge in [0.1, 0.15) is 5.82 Å². The van der Waals surface area contributed by atoms with E-state index >= 15 is 0 Å². The lowest BCUT2D eigenvalue weighted by molar-refractivity contribution is 0.531. The SMILES string of the molecule is CCCNC(CSc1cccc(F)c1)c1c(Br)nnn1C. The maximum Gasteiger partial charge on any atom is 0.153 e. The number of hydrogen-bond donors (Lipinski definition) is 1. The first-order valence-corrected chi connectivity index (χ1v) is 8.56. The molecular formula is C14H18BrFN4S. The summed E-state index contributed by atoms with van der Waals surface area (Å²) >= 11 is 5.06. The average Bonchev–Trinajstić information content (AvgIpc) is 2.79. The van der Waals surface area contributed by atoms with Crippen LogP contribution in [-0.4, -0.2) is 27.3 Å². The van der Waals surface area contributed by atoms with Gasteiger partial charge >= 0.3 is 0 Å². The lowest BCUT2D eigenvalue weighted by Gasteiger charge is -2.18. The average molecular weight is 373 g/mol. The largest absolute Gasteiger partial charge is 0.308 e. The molecule has 0 saturated carbocycles. The summed E-state index contributed by atoms with van der Waals surface area (Å²) in [6.07, 6.45) is 1.05. The second-order valence-electron chi connectivity index (χ2n) is 4.66. The van der Waals surface area contributed by atoms with Crippen LogP contribution in [0.1, 0.15) is 25.1 Å². The quantitative estimate of drug-likeness (QED) is 0.754. The molecule has 2 rings (SSSR count). The molecule has 0 bridgehead atoms. The number of aryl methyl sites for hydroxylation is 1. The predicted octanol–water partition coefficient (Wildman–Crippen LogP) is 3.55. The smallest absolute Gasteiger partial charge is 0.153 e. The molecule has 2 aromatic rings. The summed E-state index contributed by atoms with van der Waals surface area (Å²) in [5.74, 6) is 0.574. The number of rotatable bonds is 7. The Morgan fingerprint density at radius 3 is 2.90 bits per heavy atom. The van der Waals surface area contributed by atoms with Gasteiger partial charge in [-0.25, -0.2) is 9.07 Å². The Bertz CT molecular complexity index is 571. The fraction of sp³-hybridized carbons (Fsp3) is 0.429. The Morgan fingerprint density at radius 1 is 1.48 bits per heavy atom. The van der Waals surface area contributed by atoms with E-state index < -0.39 is 0 Å². The lowest BCUT2D eigenvalue weighted by atomic mass is 10.2. The van der Waals surface area contributed by atoms with Crippen LogP contribution in [0.2, 0.25) is 0 Å². The molecule has 1 heterocycles. The molecule has 21 heavy (non-hydrogen) atoms. The molecule has 0 radical (unpaired) electrons. The van der Waals surface area contributed by atoms with Crippen molar-refractivity contribution in [3.63, 3.8) is 0 Å². The molecule has 4 nitrogen and oxygen atoms in total. The molecule has 1 aromatic heterocycles. The second-order valence-corrected chi connectivity index (χ2v) is 6.51. The number of benzene rings is 1. The van der Waals surface area contributed by atoms with E-state index in [1.165, 1.54) is 6.07 Å². The topological polar surface area (TPSA) is 42.7 Å². The lowest BCUT2D eigenvalue weighted by Crippen LogP contribution is -2.26. The Morgan fingerprint density at radius 2 is 2.29 bits per heavy atom. The van der Waals surface area contributed by atoms with Crippen LogP contribution in [0.5, 0.6) is 0 Å². The summed E-state index contributed by atoms with van der Waals surface area (Å²) in [6, 6.07) is 6.76. The minimum absolute atomic E-state index is 0.104. The monoisotopic (exact) mass is 372 g/mol. The van der Waals surface area contributed by atoms with Gasteiger partial charge in [-0.15, -0.1) is 16.9 Å².